The SMILES string of the molecule is Cl.O=C(c1cn[nH]c1C1CCNCC1)N1CCC(c2ccccc2)C1. The van der Waals surface area contributed by atoms with Crippen molar-refractivity contribution in [3.8, 4) is 0 Å². The maximum Gasteiger partial charge on any atom is 0.257 e. The number of amides is 1. The number of aromatic nitrogens is 2. The zero-order chi connectivity index (χ0) is 16.4. The molecule has 25 heavy (non-hydrogen) atoms. The van der Waals surface area contributed by atoms with Gasteiger partial charge in [0.25, 0.3) is 5.91 Å². The second-order valence-electron chi connectivity index (χ2n) is 6.87. The van der Waals surface area contributed by atoms with Crippen molar-refractivity contribution >= 4 is 18.3 Å². The number of piperidine rings is 1. The molecule has 0 bridgehead atoms. The highest BCUT2D eigenvalue weighted by atomic mass is 35.5. The lowest BCUT2D eigenvalue weighted by Gasteiger charge is -2.23. The third-order valence-corrected chi connectivity index (χ3v) is 5.39. The lowest BCUT2D eigenvalue weighted by molar-refractivity contribution is 0.0789. The monoisotopic (exact) mass is 360 g/mol. The molecule has 6 heteroatoms. The maximum atomic E-state index is 13.0. The Bertz CT molecular complexity index is 696. The average Bonchev–Trinajstić information content (AvgIpc) is 3.32. The van der Waals surface area contributed by atoms with Crippen LogP contribution in [0.2, 0.25) is 0 Å². The van der Waals surface area contributed by atoms with Crippen LogP contribution >= 0.6 is 12.4 Å². The molecule has 0 aliphatic carbocycles. The van der Waals surface area contributed by atoms with Crippen molar-refractivity contribution in [3.05, 3.63) is 53.3 Å². The summed E-state index contributed by atoms with van der Waals surface area (Å²) in [6, 6.07) is 10.5. The quantitative estimate of drug-likeness (QED) is 0.884. The van der Waals surface area contributed by atoms with Gasteiger partial charge in [-0.25, -0.2) is 0 Å². The number of aromatic amines is 1. The zero-order valence-corrected chi connectivity index (χ0v) is 15.1. The largest absolute Gasteiger partial charge is 0.338 e. The first kappa shape index (κ1) is 18.0. The number of likely N-dealkylation sites (tertiary alicyclic amines) is 1. The van der Waals surface area contributed by atoms with Crippen LogP contribution in [0.3, 0.4) is 0 Å². The minimum Gasteiger partial charge on any atom is -0.338 e. The van der Waals surface area contributed by atoms with E-state index in [1.807, 2.05) is 11.0 Å². The number of nitrogens with one attached hydrogen (secondary N) is 2. The van der Waals surface area contributed by atoms with E-state index in [0.717, 1.165) is 56.7 Å². The molecule has 0 spiro atoms. The van der Waals surface area contributed by atoms with E-state index in [1.165, 1.54) is 5.56 Å². The molecule has 2 aliphatic rings. The summed E-state index contributed by atoms with van der Waals surface area (Å²) in [6.07, 6.45) is 4.88. The van der Waals surface area contributed by atoms with E-state index in [-0.39, 0.29) is 18.3 Å². The molecule has 0 radical (unpaired) electrons. The summed E-state index contributed by atoms with van der Waals surface area (Å²) in [5.74, 6) is 1.00. The molecule has 134 valence electrons. The molecule has 1 atom stereocenters. The standard InChI is InChI=1S/C19H24N4O.ClH/c24-19(17-12-21-22-18(17)15-6-9-20-10-7-15)23-11-8-16(13-23)14-4-2-1-3-5-14;/h1-5,12,15-16,20H,6-11,13H2,(H,21,22);1H. The number of carbonyl (C=O) groups is 1. The highest BCUT2D eigenvalue weighted by Crippen LogP contribution is 2.31. The van der Waals surface area contributed by atoms with Crippen molar-refractivity contribution in [2.75, 3.05) is 26.2 Å². The number of hydrogen-bond acceptors (Lipinski definition) is 3. The van der Waals surface area contributed by atoms with Gasteiger partial charge >= 0.3 is 0 Å². The topological polar surface area (TPSA) is 61.0 Å². The van der Waals surface area contributed by atoms with Gasteiger partial charge < -0.3 is 10.2 Å². The predicted molar refractivity (Wildman–Crippen MR) is 100 cm³/mol. The van der Waals surface area contributed by atoms with Gasteiger partial charge in [-0.1, -0.05) is 30.3 Å². The Balaban J connectivity index is 0.00000182. The summed E-state index contributed by atoms with van der Waals surface area (Å²) in [5, 5.41) is 10.6. The second kappa shape index (κ2) is 8.02. The first-order valence-corrected chi connectivity index (χ1v) is 8.91. The Hall–Kier alpha value is -1.85. The first-order chi connectivity index (χ1) is 11.8. The fourth-order valence-electron chi connectivity index (χ4n) is 4.00. The van der Waals surface area contributed by atoms with Crippen LogP contribution in [0.25, 0.3) is 0 Å². The van der Waals surface area contributed by atoms with Gasteiger partial charge in [-0.3, -0.25) is 9.89 Å². The number of benzene rings is 1. The summed E-state index contributed by atoms with van der Waals surface area (Å²) in [6.45, 7) is 3.66. The van der Waals surface area contributed by atoms with Crippen LogP contribution in [-0.2, 0) is 0 Å². The lowest BCUT2D eigenvalue weighted by atomic mass is 9.92. The van der Waals surface area contributed by atoms with Crippen LogP contribution in [-0.4, -0.2) is 47.2 Å². The molecule has 2 aromatic rings. The number of nitrogens with zero attached hydrogens (tertiary/aromatic N) is 2. The van der Waals surface area contributed by atoms with Gasteiger partial charge in [0.2, 0.25) is 0 Å². The Morgan fingerprint density at radius 2 is 1.84 bits per heavy atom. The van der Waals surface area contributed by atoms with Crippen molar-refractivity contribution in [2.24, 2.45) is 0 Å². The number of hydrogen-bond donors (Lipinski definition) is 2. The Morgan fingerprint density at radius 3 is 2.60 bits per heavy atom. The molecular weight excluding hydrogens is 336 g/mol. The molecule has 2 aliphatic heterocycles. The van der Waals surface area contributed by atoms with Gasteiger partial charge in [-0.2, -0.15) is 5.10 Å². The van der Waals surface area contributed by atoms with Gasteiger partial charge in [-0.15, -0.1) is 12.4 Å². The maximum absolute atomic E-state index is 13.0. The van der Waals surface area contributed by atoms with Crippen LogP contribution in [0.4, 0.5) is 0 Å². The summed E-state index contributed by atoms with van der Waals surface area (Å²) >= 11 is 0. The van der Waals surface area contributed by atoms with E-state index in [4.69, 9.17) is 0 Å². The molecule has 1 aromatic heterocycles. The number of H-pyrrole nitrogens is 1. The zero-order valence-electron chi connectivity index (χ0n) is 14.3. The molecule has 4 rings (SSSR count). The fraction of sp³-hybridized carbons (Fsp3) is 0.474. The highest BCUT2D eigenvalue weighted by Gasteiger charge is 2.31. The third kappa shape index (κ3) is 3.72. The van der Waals surface area contributed by atoms with Gasteiger partial charge in [0.05, 0.1) is 17.5 Å². The minimum atomic E-state index is 0. The Labute approximate surface area is 154 Å². The predicted octanol–water partition coefficient (Wildman–Crippen LogP) is 2.93. The van der Waals surface area contributed by atoms with Gasteiger partial charge in [0, 0.05) is 24.9 Å². The normalized spacial score (nSPS) is 21.1. The molecule has 2 N–H and O–H groups in total. The summed E-state index contributed by atoms with van der Waals surface area (Å²) in [5.41, 5.74) is 3.14. The van der Waals surface area contributed by atoms with Crippen LogP contribution < -0.4 is 5.32 Å². The van der Waals surface area contributed by atoms with Crippen LogP contribution in [0.5, 0.6) is 0 Å². The van der Waals surface area contributed by atoms with Gasteiger partial charge in [0.15, 0.2) is 0 Å². The van der Waals surface area contributed by atoms with Crippen LogP contribution in [0, 0.1) is 0 Å². The minimum absolute atomic E-state index is 0. The van der Waals surface area contributed by atoms with E-state index >= 15 is 0 Å². The molecule has 1 amide bonds. The first-order valence-electron chi connectivity index (χ1n) is 8.91. The number of rotatable bonds is 3. The van der Waals surface area contributed by atoms with E-state index in [0.29, 0.717) is 11.8 Å². The smallest absolute Gasteiger partial charge is 0.257 e. The van der Waals surface area contributed by atoms with E-state index in [2.05, 4.69) is 39.8 Å². The molecule has 1 unspecified atom stereocenters. The summed E-state index contributed by atoms with van der Waals surface area (Å²) in [7, 11) is 0. The molecule has 1 aromatic carbocycles. The highest BCUT2D eigenvalue weighted by molar-refractivity contribution is 5.95. The number of carbonyl (C=O) groups excluding carboxylic acids is 1. The fourth-order valence-corrected chi connectivity index (χ4v) is 4.00. The Kier molecular flexibility index (Phi) is 5.76. The van der Waals surface area contributed by atoms with Crippen molar-refractivity contribution in [1.82, 2.24) is 20.4 Å². The van der Waals surface area contributed by atoms with Crippen LogP contribution in [0.15, 0.2) is 36.5 Å². The second-order valence-corrected chi connectivity index (χ2v) is 6.87. The molecule has 5 nitrogen and oxygen atoms in total. The summed E-state index contributed by atoms with van der Waals surface area (Å²) in [4.78, 5) is 15.0. The van der Waals surface area contributed by atoms with E-state index < -0.39 is 0 Å². The molecular formula is C19H25ClN4O. The molecule has 3 heterocycles. The van der Waals surface area contributed by atoms with Crippen molar-refractivity contribution < 1.29 is 4.79 Å². The lowest BCUT2D eigenvalue weighted by Crippen LogP contribution is -2.31. The Morgan fingerprint density at radius 1 is 1.08 bits per heavy atom. The van der Waals surface area contributed by atoms with Crippen molar-refractivity contribution in [3.63, 3.8) is 0 Å². The van der Waals surface area contributed by atoms with Gasteiger partial charge in [-0.05, 0) is 37.9 Å². The summed E-state index contributed by atoms with van der Waals surface area (Å²) < 4.78 is 0. The number of halogens is 1. The van der Waals surface area contributed by atoms with E-state index in [1.54, 1.807) is 6.20 Å². The van der Waals surface area contributed by atoms with Crippen molar-refractivity contribution in [2.45, 2.75) is 31.1 Å². The molecule has 2 fully saturated rings. The van der Waals surface area contributed by atoms with Crippen LogP contribution in [0.1, 0.15) is 52.7 Å². The van der Waals surface area contributed by atoms with E-state index in [9.17, 15) is 4.79 Å². The molecule has 0 saturated carbocycles. The average molecular weight is 361 g/mol. The third-order valence-electron chi connectivity index (χ3n) is 5.39. The van der Waals surface area contributed by atoms with Crippen molar-refractivity contribution in [1.29, 1.82) is 0 Å². The molecule has 2 saturated heterocycles. The van der Waals surface area contributed by atoms with Gasteiger partial charge in [0.1, 0.15) is 0 Å².